The SMILES string of the molecule is C=C(/C=C/C=C1\N(CCCC)c2ccccc2C1(C)C)C(C)(C)c1ccccc1C. The Kier molecular flexibility index (Phi) is 6.41. The van der Waals surface area contributed by atoms with Gasteiger partial charge in [0.05, 0.1) is 0 Å². The number of rotatable bonds is 7. The minimum absolute atomic E-state index is 0.00153. The first-order valence-electron chi connectivity index (χ1n) is 11.2. The Morgan fingerprint density at radius 3 is 2.43 bits per heavy atom. The molecule has 0 bridgehead atoms. The number of allylic oxidation sites excluding steroid dienone is 5. The van der Waals surface area contributed by atoms with E-state index >= 15 is 0 Å². The van der Waals surface area contributed by atoms with Crippen molar-refractivity contribution in [3.05, 3.63) is 101 Å². The zero-order valence-corrected chi connectivity index (χ0v) is 19.6. The van der Waals surface area contributed by atoms with Gasteiger partial charge in [0.1, 0.15) is 0 Å². The lowest BCUT2D eigenvalue weighted by atomic mass is 9.76. The lowest BCUT2D eigenvalue weighted by Crippen LogP contribution is -2.27. The minimum Gasteiger partial charge on any atom is -0.344 e. The minimum atomic E-state index is -0.101. The van der Waals surface area contributed by atoms with Gasteiger partial charge in [0.25, 0.3) is 0 Å². The van der Waals surface area contributed by atoms with E-state index in [4.69, 9.17) is 0 Å². The number of hydrogen-bond donors (Lipinski definition) is 0. The molecule has 1 heterocycles. The summed E-state index contributed by atoms with van der Waals surface area (Å²) in [6.07, 6.45) is 9.08. The number of hydrogen-bond acceptors (Lipinski definition) is 1. The van der Waals surface area contributed by atoms with Gasteiger partial charge in [0.2, 0.25) is 0 Å². The molecule has 0 atom stereocenters. The molecule has 0 fully saturated rings. The highest BCUT2D eigenvalue weighted by molar-refractivity contribution is 5.70. The summed E-state index contributed by atoms with van der Waals surface area (Å²) < 4.78 is 0. The second-order valence-corrected chi connectivity index (χ2v) is 9.52. The van der Waals surface area contributed by atoms with Crippen molar-refractivity contribution in [1.29, 1.82) is 0 Å². The van der Waals surface area contributed by atoms with E-state index < -0.39 is 0 Å². The van der Waals surface area contributed by atoms with Crippen molar-refractivity contribution >= 4 is 5.69 Å². The first kappa shape index (κ1) is 22.2. The molecule has 1 heteroatoms. The monoisotopic (exact) mass is 399 g/mol. The summed E-state index contributed by atoms with van der Waals surface area (Å²) in [7, 11) is 0. The molecule has 0 saturated carbocycles. The number of unbranched alkanes of at least 4 members (excludes halogenated alkanes) is 1. The van der Waals surface area contributed by atoms with Crippen molar-refractivity contribution in [2.45, 2.75) is 65.2 Å². The van der Waals surface area contributed by atoms with Gasteiger partial charge in [-0.15, -0.1) is 0 Å². The van der Waals surface area contributed by atoms with Crippen molar-refractivity contribution < 1.29 is 0 Å². The van der Waals surface area contributed by atoms with E-state index in [1.165, 1.54) is 40.9 Å². The van der Waals surface area contributed by atoms with Crippen LogP contribution in [0.1, 0.15) is 64.2 Å². The molecule has 30 heavy (non-hydrogen) atoms. The average molecular weight is 400 g/mol. The Morgan fingerprint density at radius 1 is 1.07 bits per heavy atom. The number of anilines is 1. The van der Waals surface area contributed by atoms with Crippen LogP contribution in [0.25, 0.3) is 0 Å². The number of nitrogens with zero attached hydrogens (tertiary/aromatic N) is 1. The van der Waals surface area contributed by atoms with Gasteiger partial charge in [-0.3, -0.25) is 0 Å². The molecule has 0 unspecified atom stereocenters. The molecule has 1 aliphatic rings. The van der Waals surface area contributed by atoms with Gasteiger partial charge in [-0.2, -0.15) is 0 Å². The molecule has 0 aromatic heterocycles. The molecule has 3 rings (SSSR count). The van der Waals surface area contributed by atoms with Crippen LogP contribution in [0.15, 0.2) is 84.6 Å². The fraction of sp³-hybridized carbons (Fsp3) is 0.379. The van der Waals surface area contributed by atoms with Crippen molar-refractivity contribution in [2.75, 3.05) is 11.4 Å². The first-order chi connectivity index (χ1) is 14.2. The van der Waals surface area contributed by atoms with Crippen LogP contribution >= 0.6 is 0 Å². The highest BCUT2D eigenvalue weighted by atomic mass is 15.2. The summed E-state index contributed by atoms with van der Waals surface area (Å²) in [5.41, 5.74) is 7.82. The fourth-order valence-corrected chi connectivity index (χ4v) is 4.61. The molecule has 0 radical (unpaired) electrons. The number of benzene rings is 2. The second-order valence-electron chi connectivity index (χ2n) is 9.52. The quantitative estimate of drug-likeness (QED) is 0.428. The predicted octanol–water partition coefficient (Wildman–Crippen LogP) is 7.87. The Labute approximate surface area is 183 Å². The lowest BCUT2D eigenvalue weighted by Gasteiger charge is -2.28. The standard InChI is InChI=1S/C29H37N/c1-8-9-21-30-26-19-13-12-18-25(26)29(6,7)27(30)20-14-16-23(3)28(4,5)24-17-11-10-15-22(24)2/h10-20H,3,8-9,21H2,1-2,4-7H3/b16-14+,27-20-. The smallest absolute Gasteiger partial charge is 0.0450 e. The molecular weight excluding hydrogens is 362 g/mol. The van der Waals surface area contributed by atoms with Crippen LogP contribution in [0.3, 0.4) is 0 Å². The van der Waals surface area contributed by atoms with Crippen molar-refractivity contribution in [3.63, 3.8) is 0 Å². The molecule has 1 aliphatic heterocycles. The maximum atomic E-state index is 4.42. The number of fused-ring (bicyclic) bond motifs is 1. The third-order valence-corrected chi connectivity index (χ3v) is 6.71. The van der Waals surface area contributed by atoms with Gasteiger partial charge in [-0.1, -0.05) is 102 Å². The van der Waals surface area contributed by atoms with E-state index in [2.05, 4.69) is 120 Å². The highest BCUT2D eigenvalue weighted by Gasteiger charge is 2.39. The van der Waals surface area contributed by atoms with E-state index in [9.17, 15) is 0 Å². The van der Waals surface area contributed by atoms with Gasteiger partial charge in [0.15, 0.2) is 0 Å². The van der Waals surface area contributed by atoms with Crippen molar-refractivity contribution in [1.82, 2.24) is 0 Å². The summed E-state index contributed by atoms with van der Waals surface area (Å²) in [5.74, 6) is 0. The summed E-state index contributed by atoms with van der Waals surface area (Å²) in [6.45, 7) is 19.1. The van der Waals surface area contributed by atoms with E-state index in [0.29, 0.717) is 0 Å². The topological polar surface area (TPSA) is 3.24 Å². The zero-order chi connectivity index (χ0) is 21.9. The number of para-hydroxylation sites is 1. The van der Waals surface area contributed by atoms with E-state index in [-0.39, 0.29) is 10.8 Å². The molecular formula is C29H37N. The Hall–Kier alpha value is -2.54. The van der Waals surface area contributed by atoms with Gasteiger partial charge in [-0.05, 0) is 47.8 Å². The van der Waals surface area contributed by atoms with Crippen LogP contribution in [-0.2, 0) is 10.8 Å². The fourth-order valence-electron chi connectivity index (χ4n) is 4.61. The number of aryl methyl sites for hydroxylation is 1. The van der Waals surface area contributed by atoms with Crippen LogP contribution in [0.4, 0.5) is 5.69 Å². The molecule has 2 aromatic rings. The van der Waals surface area contributed by atoms with Gasteiger partial charge < -0.3 is 4.90 Å². The maximum absolute atomic E-state index is 4.42. The summed E-state index contributed by atoms with van der Waals surface area (Å²) in [6, 6.07) is 17.5. The van der Waals surface area contributed by atoms with Crippen LogP contribution < -0.4 is 4.90 Å². The molecule has 1 nitrogen and oxygen atoms in total. The Morgan fingerprint density at radius 2 is 1.73 bits per heavy atom. The largest absolute Gasteiger partial charge is 0.344 e. The molecule has 0 amide bonds. The van der Waals surface area contributed by atoms with Crippen molar-refractivity contribution in [3.8, 4) is 0 Å². The van der Waals surface area contributed by atoms with E-state index in [0.717, 1.165) is 12.1 Å². The summed E-state index contributed by atoms with van der Waals surface area (Å²) >= 11 is 0. The van der Waals surface area contributed by atoms with Gasteiger partial charge in [-0.25, -0.2) is 0 Å². The molecule has 0 aliphatic carbocycles. The Bertz CT molecular complexity index is 971. The van der Waals surface area contributed by atoms with Crippen LogP contribution in [0.5, 0.6) is 0 Å². The molecule has 158 valence electrons. The van der Waals surface area contributed by atoms with Gasteiger partial charge in [0, 0.05) is 28.8 Å². The maximum Gasteiger partial charge on any atom is 0.0450 e. The molecule has 0 saturated heterocycles. The molecule has 0 spiro atoms. The summed E-state index contributed by atoms with van der Waals surface area (Å²) in [4.78, 5) is 2.51. The third-order valence-electron chi connectivity index (χ3n) is 6.71. The highest BCUT2D eigenvalue weighted by Crippen LogP contribution is 2.47. The van der Waals surface area contributed by atoms with Crippen LogP contribution in [0, 0.1) is 6.92 Å². The van der Waals surface area contributed by atoms with E-state index in [1.54, 1.807) is 0 Å². The van der Waals surface area contributed by atoms with E-state index in [1.807, 2.05) is 0 Å². The first-order valence-corrected chi connectivity index (χ1v) is 11.2. The van der Waals surface area contributed by atoms with Crippen LogP contribution in [-0.4, -0.2) is 6.54 Å². The molecule has 2 aromatic carbocycles. The molecule has 0 N–H and O–H groups in total. The summed E-state index contributed by atoms with van der Waals surface area (Å²) in [5, 5.41) is 0. The second kappa shape index (κ2) is 8.68. The van der Waals surface area contributed by atoms with Crippen molar-refractivity contribution in [2.24, 2.45) is 0 Å². The van der Waals surface area contributed by atoms with Gasteiger partial charge >= 0.3 is 0 Å². The zero-order valence-electron chi connectivity index (χ0n) is 19.6. The predicted molar refractivity (Wildman–Crippen MR) is 132 cm³/mol. The Balaban J connectivity index is 1.90. The lowest BCUT2D eigenvalue weighted by molar-refractivity contribution is 0.624. The normalized spacial score (nSPS) is 17.0. The average Bonchev–Trinajstić information content (AvgIpc) is 2.93. The third kappa shape index (κ3) is 4.03. The van der Waals surface area contributed by atoms with Crippen LogP contribution in [0.2, 0.25) is 0 Å².